The van der Waals surface area contributed by atoms with Gasteiger partial charge in [-0.05, 0) is 6.92 Å². The minimum Gasteiger partial charge on any atom is -0.465 e. The Morgan fingerprint density at radius 3 is 3.00 bits per heavy atom. The predicted molar refractivity (Wildman–Crippen MR) is 87.2 cm³/mol. The van der Waals surface area contributed by atoms with Crippen LogP contribution < -0.4 is 4.90 Å². The molecule has 0 radical (unpaired) electrons. The summed E-state index contributed by atoms with van der Waals surface area (Å²) in [6.45, 7) is 3.85. The second kappa shape index (κ2) is 6.10. The van der Waals surface area contributed by atoms with E-state index in [2.05, 4.69) is 15.0 Å². The van der Waals surface area contributed by atoms with Crippen LogP contribution >= 0.6 is 22.9 Å². The topological polar surface area (TPSA) is 69.5 Å². The lowest BCUT2D eigenvalue weighted by molar-refractivity contribution is -0.0466. The number of aromatic nitrogens is 3. The number of carbonyl (C=O) groups excluding carboxylic acids is 1. The molecule has 1 saturated heterocycles. The van der Waals surface area contributed by atoms with E-state index in [1.165, 1.54) is 18.4 Å². The van der Waals surface area contributed by atoms with Gasteiger partial charge in [0, 0.05) is 25.4 Å². The molecule has 9 heteroatoms. The van der Waals surface area contributed by atoms with E-state index in [0.29, 0.717) is 29.7 Å². The van der Waals surface area contributed by atoms with Gasteiger partial charge in [0.05, 0.1) is 26.5 Å². The Morgan fingerprint density at radius 2 is 2.35 bits per heavy atom. The first-order valence-electron chi connectivity index (χ1n) is 7.05. The molecule has 0 aliphatic carbocycles. The summed E-state index contributed by atoms with van der Waals surface area (Å²) in [5.41, 5.74) is 0.511. The molecule has 3 rings (SSSR count). The van der Waals surface area contributed by atoms with Crippen LogP contribution in [0.2, 0.25) is 5.15 Å². The summed E-state index contributed by atoms with van der Waals surface area (Å²) in [6, 6.07) is 0. The Morgan fingerprint density at radius 1 is 1.57 bits per heavy atom. The molecule has 0 bridgehead atoms. The van der Waals surface area contributed by atoms with Crippen LogP contribution in [0.25, 0.3) is 0 Å². The van der Waals surface area contributed by atoms with Crippen LogP contribution in [-0.2, 0) is 22.1 Å². The zero-order chi connectivity index (χ0) is 16.6. The Balaban J connectivity index is 1.85. The summed E-state index contributed by atoms with van der Waals surface area (Å²) in [5, 5.41) is 5.07. The Hall–Kier alpha value is -1.64. The van der Waals surface area contributed by atoms with E-state index in [4.69, 9.17) is 21.1 Å². The normalized spacial score (nSPS) is 21.5. The van der Waals surface area contributed by atoms with Crippen molar-refractivity contribution in [3.05, 3.63) is 28.0 Å². The lowest BCUT2D eigenvalue weighted by atomic mass is 9.97. The second-order valence-electron chi connectivity index (χ2n) is 5.51. The second-order valence-corrected chi connectivity index (χ2v) is 6.85. The Labute approximate surface area is 142 Å². The highest BCUT2D eigenvalue weighted by Crippen LogP contribution is 2.35. The molecule has 1 unspecified atom stereocenters. The SMILES string of the molecule is COC(=O)c1sc(N2CCOC(C)(c3cnn(C)c3)C2)nc1Cl. The van der Waals surface area contributed by atoms with Crippen molar-refractivity contribution in [2.75, 3.05) is 31.7 Å². The molecule has 1 aliphatic rings. The quantitative estimate of drug-likeness (QED) is 0.784. The molecule has 0 N–H and O–H groups in total. The number of carbonyl (C=O) groups is 1. The largest absolute Gasteiger partial charge is 0.465 e. The molecule has 1 fully saturated rings. The highest BCUT2D eigenvalue weighted by Gasteiger charge is 2.36. The first-order chi connectivity index (χ1) is 10.9. The fourth-order valence-electron chi connectivity index (χ4n) is 2.55. The van der Waals surface area contributed by atoms with Crippen LogP contribution in [0.4, 0.5) is 5.13 Å². The number of methoxy groups -OCH3 is 1. The number of nitrogens with zero attached hydrogens (tertiary/aromatic N) is 4. The maximum absolute atomic E-state index is 11.7. The van der Waals surface area contributed by atoms with Gasteiger partial charge in [-0.3, -0.25) is 4.68 Å². The van der Waals surface area contributed by atoms with Crippen LogP contribution in [0.15, 0.2) is 12.4 Å². The molecular weight excluding hydrogens is 340 g/mol. The molecule has 2 aromatic heterocycles. The van der Waals surface area contributed by atoms with Crippen molar-refractivity contribution in [2.45, 2.75) is 12.5 Å². The van der Waals surface area contributed by atoms with Gasteiger partial charge in [-0.1, -0.05) is 22.9 Å². The number of hydrogen-bond acceptors (Lipinski definition) is 7. The van der Waals surface area contributed by atoms with Crippen molar-refractivity contribution in [3.63, 3.8) is 0 Å². The van der Waals surface area contributed by atoms with Gasteiger partial charge in [0.15, 0.2) is 15.2 Å². The number of hydrogen-bond donors (Lipinski definition) is 0. The van der Waals surface area contributed by atoms with Crippen molar-refractivity contribution in [1.29, 1.82) is 0 Å². The maximum Gasteiger partial charge on any atom is 0.351 e. The third-order valence-corrected chi connectivity index (χ3v) is 5.29. The van der Waals surface area contributed by atoms with E-state index in [1.807, 2.05) is 20.2 Å². The van der Waals surface area contributed by atoms with Crippen LogP contribution in [-0.4, -0.2) is 47.5 Å². The van der Waals surface area contributed by atoms with Gasteiger partial charge in [-0.2, -0.15) is 5.10 Å². The third-order valence-electron chi connectivity index (χ3n) is 3.81. The van der Waals surface area contributed by atoms with Crippen molar-refractivity contribution in [3.8, 4) is 0 Å². The standard InChI is InChI=1S/C14H17ClN4O3S/c1-14(9-6-16-18(2)7-9)8-19(4-5-22-14)13-17-11(15)10(23-13)12(20)21-3/h6-7H,4-5,8H2,1-3H3. The van der Waals surface area contributed by atoms with Crippen molar-refractivity contribution < 1.29 is 14.3 Å². The molecule has 2 aromatic rings. The van der Waals surface area contributed by atoms with Crippen LogP contribution in [0, 0.1) is 0 Å². The Kier molecular flexibility index (Phi) is 4.31. The van der Waals surface area contributed by atoms with Gasteiger partial charge in [0.1, 0.15) is 5.60 Å². The summed E-state index contributed by atoms with van der Waals surface area (Å²) < 4.78 is 12.5. The monoisotopic (exact) mass is 356 g/mol. The van der Waals surface area contributed by atoms with E-state index in [-0.39, 0.29) is 5.15 Å². The maximum atomic E-state index is 11.7. The summed E-state index contributed by atoms with van der Waals surface area (Å²) in [6.07, 6.45) is 3.75. The highest BCUT2D eigenvalue weighted by atomic mass is 35.5. The molecule has 7 nitrogen and oxygen atoms in total. The zero-order valence-corrected chi connectivity index (χ0v) is 14.6. The first kappa shape index (κ1) is 16.2. The van der Waals surface area contributed by atoms with Gasteiger partial charge in [0.25, 0.3) is 0 Å². The summed E-state index contributed by atoms with van der Waals surface area (Å²) >= 11 is 7.29. The number of aryl methyl sites for hydroxylation is 1. The van der Waals surface area contributed by atoms with E-state index in [9.17, 15) is 4.79 Å². The van der Waals surface area contributed by atoms with Gasteiger partial charge in [0.2, 0.25) is 0 Å². The van der Waals surface area contributed by atoms with Crippen molar-refractivity contribution >= 4 is 34.0 Å². The fourth-order valence-corrected chi connectivity index (χ4v) is 3.77. The van der Waals surface area contributed by atoms with E-state index in [0.717, 1.165) is 5.56 Å². The summed E-state index contributed by atoms with van der Waals surface area (Å²) in [5.74, 6) is -0.470. The van der Waals surface area contributed by atoms with Gasteiger partial charge in [-0.15, -0.1) is 0 Å². The lowest BCUT2D eigenvalue weighted by Gasteiger charge is -2.39. The van der Waals surface area contributed by atoms with Crippen molar-refractivity contribution in [2.24, 2.45) is 7.05 Å². The molecule has 0 saturated carbocycles. The smallest absolute Gasteiger partial charge is 0.351 e. The number of ether oxygens (including phenoxy) is 2. The van der Waals surface area contributed by atoms with Crippen LogP contribution in [0.1, 0.15) is 22.2 Å². The number of thiazole rings is 1. The average Bonchev–Trinajstić information content (AvgIpc) is 3.13. The zero-order valence-electron chi connectivity index (χ0n) is 13.1. The molecule has 0 aromatic carbocycles. The minimum atomic E-state index is -0.490. The molecule has 0 amide bonds. The van der Waals surface area contributed by atoms with Crippen LogP contribution in [0.3, 0.4) is 0 Å². The number of morpholine rings is 1. The number of esters is 1. The number of rotatable bonds is 3. The Bertz CT molecular complexity index is 731. The number of anilines is 1. The molecule has 124 valence electrons. The molecule has 0 spiro atoms. The van der Waals surface area contributed by atoms with Gasteiger partial charge in [-0.25, -0.2) is 9.78 Å². The van der Waals surface area contributed by atoms with E-state index < -0.39 is 11.6 Å². The molecule has 3 heterocycles. The fraction of sp³-hybridized carbons (Fsp3) is 0.500. The molecule has 23 heavy (non-hydrogen) atoms. The summed E-state index contributed by atoms with van der Waals surface area (Å²) in [7, 11) is 3.20. The van der Waals surface area contributed by atoms with Crippen LogP contribution in [0.5, 0.6) is 0 Å². The molecular formula is C14H17ClN4O3S. The third kappa shape index (κ3) is 3.06. The molecule has 1 atom stereocenters. The number of halogens is 1. The average molecular weight is 357 g/mol. The van der Waals surface area contributed by atoms with E-state index >= 15 is 0 Å². The van der Waals surface area contributed by atoms with E-state index in [1.54, 1.807) is 10.9 Å². The molecule has 1 aliphatic heterocycles. The minimum absolute atomic E-state index is 0.173. The van der Waals surface area contributed by atoms with Crippen molar-refractivity contribution in [1.82, 2.24) is 14.8 Å². The predicted octanol–water partition coefficient (Wildman–Crippen LogP) is 2.07. The van der Waals surface area contributed by atoms with Gasteiger partial charge >= 0.3 is 5.97 Å². The highest BCUT2D eigenvalue weighted by molar-refractivity contribution is 7.18. The summed E-state index contributed by atoms with van der Waals surface area (Å²) in [4.78, 5) is 18.4. The lowest BCUT2D eigenvalue weighted by Crippen LogP contribution is -2.48. The first-order valence-corrected chi connectivity index (χ1v) is 8.25. The van der Waals surface area contributed by atoms with Gasteiger partial charge < -0.3 is 14.4 Å².